The highest BCUT2D eigenvalue weighted by Crippen LogP contribution is 2.54. The van der Waals surface area contributed by atoms with Gasteiger partial charge in [-0.05, 0) is 25.2 Å². The maximum absolute atomic E-state index is 14.3. The standard InChI is InChI=1S/C14H13F7N2O2/c1-25-11(24)9-8(14(19,20)21)10(12(15)2-3-12)22-23(9)5-6-4-7(6)13(16,17)18/h6-7H,2-5H2,1H3/t6-,7+/m0/s1. The molecule has 1 aromatic rings. The highest BCUT2D eigenvalue weighted by Gasteiger charge is 2.58. The molecule has 4 nitrogen and oxygen atoms in total. The zero-order chi connectivity index (χ0) is 18.8. The van der Waals surface area contributed by atoms with Crippen molar-refractivity contribution in [3.63, 3.8) is 0 Å². The Morgan fingerprint density at radius 2 is 1.88 bits per heavy atom. The van der Waals surface area contributed by atoms with E-state index in [1.165, 1.54) is 0 Å². The highest BCUT2D eigenvalue weighted by molar-refractivity contribution is 5.90. The van der Waals surface area contributed by atoms with Crippen LogP contribution in [0.5, 0.6) is 0 Å². The number of alkyl halides is 7. The molecule has 2 aliphatic carbocycles. The van der Waals surface area contributed by atoms with Gasteiger partial charge in [0.1, 0.15) is 11.3 Å². The van der Waals surface area contributed by atoms with Crippen molar-refractivity contribution in [2.24, 2.45) is 11.8 Å². The summed E-state index contributed by atoms with van der Waals surface area (Å²) in [6.07, 6.45) is -10.2. The van der Waals surface area contributed by atoms with Crippen molar-refractivity contribution >= 4 is 5.97 Å². The van der Waals surface area contributed by atoms with E-state index in [0.717, 1.165) is 7.11 Å². The molecule has 1 aromatic heterocycles. The first-order chi connectivity index (χ1) is 11.4. The van der Waals surface area contributed by atoms with Crippen LogP contribution in [0.1, 0.15) is 41.0 Å². The monoisotopic (exact) mass is 374 g/mol. The Labute approximate surface area is 136 Å². The summed E-state index contributed by atoms with van der Waals surface area (Å²) in [6, 6.07) is 0. The molecule has 1 heterocycles. The molecule has 25 heavy (non-hydrogen) atoms. The van der Waals surface area contributed by atoms with Gasteiger partial charge in [0.15, 0.2) is 11.4 Å². The van der Waals surface area contributed by atoms with Gasteiger partial charge < -0.3 is 4.74 Å². The number of hydrogen-bond donors (Lipinski definition) is 0. The minimum Gasteiger partial charge on any atom is -0.464 e. The zero-order valence-corrected chi connectivity index (χ0v) is 12.8. The Bertz CT molecular complexity index is 703. The number of halogens is 7. The molecule has 2 aliphatic rings. The lowest BCUT2D eigenvalue weighted by Gasteiger charge is -2.11. The van der Waals surface area contributed by atoms with E-state index in [2.05, 4.69) is 9.84 Å². The van der Waals surface area contributed by atoms with E-state index in [-0.39, 0.29) is 19.3 Å². The lowest BCUT2D eigenvalue weighted by Crippen LogP contribution is -2.20. The van der Waals surface area contributed by atoms with Gasteiger partial charge in [-0.2, -0.15) is 31.4 Å². The fraction of sp³-hybridized carbons (Fsp3) is 0.714. The van der Waals surface area contributed by atoms with Gasteiger partial charge in [0.05, 0.1) is 13.0 Å². The molecule has 11 heteroatoms. The minimum absolute atomic E-state index is 0.192. The fourth-order valence-corrected chi connectivity index (χ4v) is 2.90. The van der Waals surface area contributed by atoms with E-state index >= 15 is 0 Å². The Hall–Kier alpha value is -1.81. The molecule has 3 rings (SSSR count). The summed E-state index contributed by atoms with van der Waals surface area (Å²) in [6.45, 7) is -0.562. The summed E-state index contributed by atoms with van der Waals surface area (Å²) < 4.78 is 97.2. The van der Waals surface area contributed by atoms with Gasteiger partial charge in [-0.3, -0.25) is 4.68 Å². The van der Waals surface area contributed by atoms with Gasteiger partial charge in [0.25, 0.3) is 0 Å². The van der Waals surface area contributed by atoms with Crippen LogP contribution in [-0.4, -0.2) is 29.0 Å². The molecule has 0 saturated heterocycles. The van der Waals surface area contributed by atoms with E-state index in [4.69, 9.17) is 0 Å². The number of hydrogen-bond acceptors (Lipinski definition) is 3. The van der Waals surface area contributed by atoms with Crippen LogP contribution in [0.3, 0.4) is 0 Å². The minimum atomic E-state index is -5.09. The second-order valence-electron chi connectivity index (χ2n) is 6.35. The number of carbonyl (C=O) groups excluding carboxylic acids is 1. The van der Waals surface area contributed by atoms with Crippen LogP contribution in [0.15, 0.2) is 0 Å². The maximum atomic E-state index is 14.3. The fourth-order valence-electron chi connectivity index (χ4n) is 2.90. The maximum Gasteiger partial charge on any atom is 0.420 e. The lowest BCUT2D eigenvalue weighted by molar-refractivity contribution is -0.151. The largest absolute Gasteiger partial charge is 0.464 e. The van der Waals surface area contributed by atoms with E-state index in [0.29, 0.717) is 4.68 Å². The van der Waals surface area contributed by atoms with Crippen LogP contribution in [0, 0.1) is 11.8 Å². The highest BCUT2D eigenvalue weighted by atomic mass is 19.4. The molecule has 0 N–H and O–H groups in total. The van der Waals surface area contributed by atoms with Gasteiger partial charge in [-0.15, -0.1) is 0 Å². The van der Waals surface area contributed by atoms with Crippen molar-refractivity contribution in [1.29, 1.82) is 0 Å². The van der Waals surface area contributed by atoms with E-state index in [9.17, 15) is 35.5 Å². The average Bonchev–Trinajstić information content (AvgIpc) is 3.35. The molecule has 2 saturated carbocycles. The summed E-state index contributed by atoms with van der Waals surface area (Å²) >= 11 is 0. The topological polar surface area (TPSA) is 44.1 Å². The Kier molecular flexibility index (Phi) is 3.84. The number of nitrogens with zero attached hydrogens (tertiary/aromatic N) is 2. The van der Waals surface area contributed by atoms with E-state index in [1.807, 2.05) is 0 Å². The second kappa shape index (κ2) is 5.34. The van der Waals surface area contributed by atoms with Gasteiger partial charge in [-0.25, -0.2) is 9.18 Å². The Balaban J connectivity index is 2.03. The molecular formula is C14H13F7N2O2. The summed E-state index contributed by atoms with van der Waals surface area (Å²) in [4.78, 5) is 11.8. The van der Waals surface area contributed by atoms with Gasteiger partial charge >= 0.3 is 18.3 Å². The molecular weight excluding hydrogens is 361 g/mol. The summed E-state index contributed by atoms with van der Waals surface area (Å²) in [5.74, 6) is -4.09. The molecule has 0 aromatic carbocycles. The predicted molar refractivity (Wildman–Crippen MR) is 68.2 cm³/mol. The number of ether oxygens (including phenoxy) is 1. The first-order valence-corrected chi connectivity index (χ1v) is 7.41. The SMILES string of the molecule is COC(=O)c1c(C(F)(F)F)c(C2(F)CC2)nn1C[C@@H]1C[C@H]1C(F)(F)F. The van der Waals surface area contributed by atoms with Crippen molar-refractivity contribution < 1.29 is 40.3 Å². The third-order valence-corrected chi connectivity index (χ3v) is 4.48. The number of carbonyl (C=O) groups is 1. The van der Waals surface area contributed by atoms with Crippen LogP contribution in [-0.2, 0) is 23.1 Å². The molecule has 2 atom stereocenters. The van der Waals surface area contributed by atoms with Crippen molar-refractivity contribution in [1.82, 2.24) is 9.78 Å². The van der Waals surface area contributed by atoms with Crippen LogP contribution >= 0.6 is 0 Å². The van der Waals surface area contributed by atoms with Crippen molar-refractivity contribution in [3.05, 3.63) is 17.0 Å². The number of rotatable bonds is 4. The van der Waals surface area contributed by atoms with Crippen molar-refractivity contribution in [3.8, 4) is 0 Å². The third-order valence-electron chi connectivity index (χ3n) is 4.48. The molecule has 0 aliphatic heterocycles. The first-order valence-electron chi connectivity index (χ1n) is 7.41. The normalized spacial score (nSPS) is 25.0. The lowest BCUT2D eigenvalue weighted by atomic mass is 10.1. The molecule has 140 valence electrons. The molecule has 0 unspecified atom stereocenters. The van der Waals surface area contributed by atoms with Crippen LogP contribution in [0.25, 0.3) is 0 Å². The third kappa shape index (κ3) is 3.20. The molecule has 0 bridgehead atoms. The quantitative estimate of drug-likeness (QED) is 0.594. The molecule has 0 spiro atoms. The van der Waals surface area contributed by atoms with Crippen LogP contribution in [0.4, 0.5) is 30.7 Å². The predicted octanol–water partition coefficient (Wildman–Crippen LogP) is 3.85. The van der Waals surface area contributed by atoms with Gasteiger partial charge in [0, 0.05) is 6.54 Å². The first kappa shape index (κ1) is 18.0. The summed E-state index contributed by atoms with van der Waals surface area (Å²) in [5, 5.41) is 3.53. The second-order valence-corrected chi connectivity index (χ2v) is 6.35. The summed E-state index contributed by atoms with van der Waals surface area (Å²) in [5.41, 5.74) is -5.89. The molecule has 2 fully saturated rings. The van der Waals surface area contributed by atoms with Crippen LogP contribution < -0.4 is 0 Å². The summed E-state index contributed by atoms with van der Waals surface area (Å²) in [7, 11) is 0.831. The zero-order valence-electron chi connectivity index (χ0n) is 12.8. The smallest absolute Gasteiger partial charge is 0.420 e. The van der Waals surface area contributed by atoms with Gasteiger partial charge in [-0.1, -0.05) is 0 Å². The van der Waals surface area contributed by atoms with Crippen molar-refractivity contribution in [2.75, 3.05) is 7.11 Å². The van der Waals surface area contributed by atoms with E-state index < -0.39 is 59.3 Å². The molecule has 0 amide bonds. The van der Waals surface area contributed by atoms with Crippen LogP contribution in [0.2, 0.25) is 0 Å². The van der Waals surface area contributed by atoms with E-state index in [1.54, 1.807) is 0 Å². The number of aromatic nitrogens is 2. The average molecular weight is 374 g/mol. The number of methoxy groups -OCH3 is 1. The van der Waals surface area contributed by atoms with Crippen molar-refractivity contribution in [2.45, 2.75) is 43.8 Å². The molecule has 0 radical (unpaired) electrons. The Morgan fingerprint density at radius 1 is 1.28 bits per heavy atom. The van der Waals surface area contributed by atoms with Gasteiger partial charge in [0.2, 0.25) is 0 Å². The Morgan fingerprint density at radius 3 is 2.28 bits per heavy atom. The number of esters is 1.